The zero-order chi connectivity index (χ0) is 18.2. The molecule has 0 aliphatic heterocycles. The molecule has 0 spiro atoms. The van der Waals surface area contributed by atoms with Crippen molar-refractivity contribution < 1.29 is 19.1 Å². The summed E-state index contributed by atoms with van der Waals surface area (Å²) in [5.74, 6) is -0.704. The summed E-state index contributed by atoms with van der Waals surface area (Å²) in [6, 6.07) is 13.7. The maximum atomic E-state index is 11.9. The first kappa shape index (κ1) is 19.1. The summed E-state index contributed by atoms with van der Waals surface area (Å²) in [6.07, 6.45) is 0. The molecule has 25 heavy (non-hydrogen) atoms. The van der Waals surface area contributed by atoms with E-state index >= 15 is 0 Å². The van der Waals surface area contributed by atoms with E-state index in [2.05, 4.69) is 5.32 Å². The molecule has 0 aliphatic carbocycles. The number of nitrogens with one attached hydrogen (secondary N) is 1. The minimum absolute atomic E-state index is 0.260. The number of carbonyl (C=O) groups excluding carboxylic acids is 2. The number of para-hydroxylation sites is 1. The average Bonchev–Trinajstić information content (AvgIpc) is 2.59. The van der Waals surface area contributed by atoms with Crippen LogP contribution >= 0.6 is 23.2 Å². The summed E-state index contributed by atoms with van der Waals surface area (Å²) in [4.78, 5) is 23.5. The number of amides is 1. The van der Waals surface area contributed by atoms with Crippen LogP contribution in [0.4, 0.5) is 0 Å². The van der Waals surface area contributed by atoms with Gasteiger partial charge in [0.25, 0.3) is 5.91 Å². The van der Waals surface area contributed by atoms with Gasteiger partial charge in [-0.05, 0) is 36.8 Å². The Morgan fingerprint density at radius 3 is 2.56 bits per heavy atom. The summed E-state index contributed by atoms with van der Waals surface area (Å²) < 4.78 is 10.1. The molecule has 0 saturated heterocycles. The van der Waals surface area contributed by atoms with Crippen molar-refractivity contribution in [2.45, 2.75) is 13.0 Å². The van der Waals surface area contributed by atoms with E-state index in [1.54, 1.807) is 42.5 Å². The third kappa shape index (κ3) is 6.29. The summed E-state index contributed by atoms with van der Waals surface area (Å²) in [7, 11) is 0. The molecule has 0 aliphatic rings. The predicted molar refractivity (Wildman–Crippen MR) is 95.9 cm³/mol. The summed E-state index contributed by atoms with van der Waals surface area (Å²) in [5, 5.41) is 3.70. The van der Waals surface area contributed by atoms with Crippen LogP contribution in [0.25, 0.3) is 0 Å². The van der Waals surface area contributed by atoms with Crippen LogP contribution in [0.1, 0.15) is 18.5 Å². The molecule has 1 atom stereocenters. The van der Waals surface area contributed by atoms with Gasteiger partial charge in [0, 0.05) is 5.02 Å². The minimum Gasteiger partial charge on any atom is -0.480 e. The van der Waals surface area contributed by atoms with E-state index in [0.29, 0.717) is 15.8 Å². The van der Waals surface area contributed by atoms with Gasteiger partial charge in [-0.25, -0.2) is 4.79 Å². The molecule has 0 bridgehead atoms. The Labute approximate surface area is 155 Å². The number of hydrogen-bond donors (Lipinski definition) is 1. The molecule has 1 amide bonds. The normalized spacial score (nSPS) is 11.5. The Kier molecular flexibility index (Phi) is 7.10. The second kappa shape index (κ2) is 9.30. The fraction of sp³-hybridized carbons (Fsp3) is 0.222. The van der Waals surface area contributed by atoms with E-state index in [0.717, 1.165) is 5.56 Å². The maximum Gasteiger partial charge on any atom is 0.344 e. The number of ether oxygens (including phenoxy) is 2. The van der Waals surface area contributed by atoms with E-state index in [1.165, 1.54) is 0 Å². The lowest BCUT2D eigenvalue weighted by Gasteiger charge is -2.14. The van der Waals surface area contributed by atoms with Gasteiger partial charge in [0.2, 0.25) is 0 Å². The van der Waals surface area contributed by atoms with Gasteiger partial charge in [-0.15, -0.1) is 0 Å². The van der Waals surface area contributed by atoms with Crippen molar-refractivity contribution >= 4 is 35.1 Å². The molecular weight excluding hydrogens is 365 g/mol. The molecule has 2 rings (SSSR count). The van der Waals surface area contributed by atoms with Crippen molar-refractivity contribution in [3.05, 3.63) is 64.1 Å². The first-order valence-corrected chi connectivity index (χ1v) is 8.29. The molecule has 5 nitrogen and oxygen atoms in total. The van der Waals surface area contributed by atoms with Crippen LogP contribution in [0.2, 0.25) is 10.0 Å². The summed E-state index contributed by atoms with van der Waals surface area (Å²) in [5.41, 5.74) is 0.856. The van der Waals surface area contributed by atoms with Gasteiger partial charge in [0.05, 0.1) is 11.1 Å². The third-order valence-electron chi connectivity index (χ3n) is 3.27. The molecular formula is C18H17Cl2NO4. The average molecular weight is 382 g/mol. The van der Waals surface area contributed by atoms with Crippen molar-refractivity contribution in [1.82, 2.24) is 5.32 Å². The van der Waals surface area contributed by atoms with Crippen LogP contribution < -0.4 is 10.1 Å². The Morgan fingerprint density at radius 2 is 1.84 bits per heavy atom. The number of rotatable bonds is 7. The van der Waals surface area contributed by atoms with Crippen LogP contribution in [-0.2, 0) is 14.3 Å². The minimum atomic E-state index is -0.662. The highest BCUT2D eigenvalue weighted by molar-refractivity contribution is 6.32. The molecule has 0 radical (unpaired) electrons. The van der Waals surface area contributed by atoms with E-state index in [1.807, 2.05) is 13.0 Å². The van der Waals surface area contributed by atoms with Gasteiger partial charge in [0.15, 0.2) is 13.2 Å². The molecule has 2 aromatic rings. The highest BCUT2D eigenvalue weighted by Gasteiger charge is 2.13. The number of esters is 1. The second-order valence-corrected chi connectivity index (χ2v) is 6.07. The molecule has 0 aromatic heterocycles. The topological polar surface area (TPSA) is 64.6 Å². The van der Waals surface area contributed by atoms with E-state index in [4.69, 9.17) is 32.7 Å². The monoisotopic (exact) mass is 381 g/mol. The zero-order valence-electron chi connectivity index (χ0n) is 13.5. The van der Waals surface area contributed by atoms with Gasteiger partial charge in [-0.3, -0.25) is 4.79 Å². The Morgan fingerprint density at radius 1 is 1.08 bits per heavy atom. The smallest absolute Gasteiger partial charge is 0.344 e. The van der Waals surface area contributed by atoms with Gasteiger partial charge in [-0.1, -0.05) is 47.5 Å². The quantitative estimate of drug-likeness (QED) is 0.740. The van der Waals surface area contributed by atoms with Crippen molar-refractivity contribution in [3.8, 4) is 5.75 Å². The number of hydrogen-bond acceptors (Lipinski definition) is 4. The SMILES string of the molecule is C[C@@H](NC(=O)COC(=O)COc1ccccc1Cl)c1cccc(Cl)c1. The standard InChI is InChI=1S/C18H17Cl2NO4/c1-12(13-5-4-6-14(19)9-13)21-17(22)10-25-18(23)11-24-16-8-3-2-7-15(16)20/h2-9,12H,10-11H2,1H3,(H,21,22)/t12-/m1/s1. The van der Waals surface area contributed by atoms with Crippen LogP contribution in [0, 0.1) is 0 Å². The zero-order valence-corrected chi connectivity index (χ0v) is 15.0. The lowest BCUT2D eigenvalue weighted by Crippen LogP contribution is -2.31. The molecule has 0 unspecified atom stereocenters. The number of halogens is 2. The van der Waals surface area contributed by atoms with Crippen molar-refractivity contribution in [2.75, 3.05) is 13.2 Å². The molecule has 0 saturated carbocycles. The summed E-state index contributed by atoms with van der Waals surface area (Å²) >= 11 is 11.8. The summed E-state index contributed by atoms with van der Waals surface area (Å²) in [6.45, 7) is 1.09. The molecule has 2 aromatic carbocycles. The van der Waals surface area contributed by atoms with Gasteiger partial charge >= 0.3 is 5.97 Å². The van der Waals surface area contributed by atoms with E-state index < -0.39 is 18.5 Å². The van der Waals surface area contributed by atoms with Gasteiger partial charge in [-0.2, -0.15) is 0 Å². The lowest BCUT2D eigenvalue weighted by atomic mass is 10.1. The Bertz CT molecular complexity index is 751. The second-order valence-electron chi connectivity index (χ2n) is 5.22. The van der Waals surface area contributed by atoms with Crippen LogP contribution in [0.15, 0.2) is 48.5 Å². The fourth-order valence-corrected chi connectivity index (χ4v) is 2.42. The Balaban J connectivity index is 1.74. The van der Waals surface area contributed by atoms with Crippen molar-refractivity contribution in [3.63, 3.8) is 0 Å². The Hall–Kier alpha value is -2.24. The van der Waals surface area contributed by atoms with E-state index in [9.17, 15) is 9.59 Å². The fourth-order valence-electron chi connectivity index (χ4n) is 2.03. The number of benzene rings is 2. The molecule has 0 heterocycles. The van der Waals surface area contributed by atoms with Crippen LogP contribution in [-0.4, -0.2) is 25.1 Å². The van der Waals surface area contributed by atoms with Gasteiger partial charge < -0.3 is 14.8 Å². The van der Waals surface area contributed by atoms with Gasteiger partial charge in [0.1, 0.15) is 5.75 Å². The molecule has 0 fully saturated rings. The lowest BCUT2D eigenvalue weighted by molar-refractivity contribution is -0.150. The molecule has 132 valence electrons. The molecule has 1 N–H and O–H groups in total. The highest BCUT2D eigenvalue weighted by atomic mass is 35.5. The van der Waals surface area contributed by atoms with E-state index in [-0.39, 0.29) is 12.6 Å². The van der Waals surface area contributed by atoms with Crippen LogP contribution in [0.5, 0.6) is 5.75 Å². The largest absolute Gasteiger partial charge is 0.480 e. The predicted octanol–water partition coefficient (Wildman–Crippen LogP) is 3.79. The molecule has 7 heteroatoms. The highest BCUT2D eigenvalue weighted by Crippen LogP contribution is 2.22. The first-order valence-electron chi connectivity index (χ1n) is 7.53. The van der Waals surface area contributed by atoms with Crippen LogP contribution in [0.3, 0.4) is 0 Å². The maximum absolute atomic E-state index is 11.9. The van der Waals surface area contributed by atoms with Crippen molar-refractivity contribution in [1.29, 1.82) is 0 Å². The van der Waals surface area contributed by atoms with Crippen molar-refractivity contribution in [2.24, 2.45) is 0 Å². The third-order valence-corrected chi connectivity index (χ3v) is 3.82. The number of carbonyl (C=O) groups is 2. The first-order chi connectivity index (χ1) is 12.0.